The Hall–Kier alpha value is -1.00. The lowest BCUT2D eigenvalue weighted by molar-refractivity contribution is 0.321. The van der Waals surface area contributed by atoms with Gasteiger partial charge in [0, 0.05) is 17.9 Å². The molecular weight excluding hydrogens is 244 g/mol. The van der Waals surface area contributed by atoms with Gasteiger partial charge in [-0.2, -0.15) is 0 Å². The standard InChI is InChI=1S/C14H20N2OS/c1-3-8-16(2)9-11-10-18-14(15-11)12-6-4-5-7-13(12)17/h4-7,11,17H,3,8-10H2,1-2H3/t11-/m0/s1. The lowest BCUT2D eigenvalue weighted by Gasteiger charge is -2.17. The van der Waals surface area contributed by atoms with E-state index in [0.717, 1.165) is 29.4 Å². The first-order chi connectivity index (χ1) is 8.70. The first-order valence-electron chi connectivity index (χ1n) is 6.38. The van der Waals surface area contributed by atoms with Gasteiger partial charge in [0.1, 0.15) is 10.8 Å². The van der Waals surface area contributed by atoms with Gasteiger partial charge in [-0.25, -0.2) is 0 Å². The van der Waals surface area contributed by atoms with E-state index >= 15 is 0 Å². The zero-order valence-corrected chi connectivity index (χ0v) is 11.8. The molecular formula is C14H20N2OS. The van der Waals surface area contributed by atoms with E-state index in [0.29, 0.717) is 11.8 Å². The molecule has 0 spiro atoms. The van der Waals surface area contributed by atoms with Crippen molar-refractivity contribution in [1.82, 2.24) is 4.90 Å². The highest BCUT2D eigenvalue weighted by Crippen LogP contribution is 2.28. The molecule has 1 heterocycles. The summed E-state index contributed by atoms with van der Waals surface area (Å²) in [5, 5.41) is 10.8. The smallest absolute Gasteiger partial charge is 0.125 e. The van der Waals surface area contributed by atoms with Crippen molar-refractivity contribution in [3.63, 3.8) is 0 Å². The van der Waals surface area contributed by atoms with E-state index < -0.39 is 0 Å². The molecule has 4 heteroatoms. The van der Waals surface area contributed by atoms with Crippen LogP contribution < -0.4 is 0 Å². The van der Waals surface area contributed by atoms with E-state index in [1.54, 1.807) is 17.8 Å². The van der Waals surface area contributed by atoms with Crippen LogP contribution in [0.4, 0.5) is 0 Å². The summed E-state index contributed by atoms with van der Waals surface area (Å²) in [4.78, 5) is 7.04. The van der Waals surface area contributed by atoms with Crippen LogP contribution in [0.1, 0.15) is 18.9 Å². The van der Waals surface area contributed by atoms with Crippen LogP contribution in [0.25, 0.3) is 0 Å². The van der Waals surface area contributed by atoms with Gasteiger partial charge in [0.15, 0.2) is 0 Å². The summed E-state index contributed by atoms with van der Waals surface area (Å²) in [6, 6.07) is 7.77. The third kappa shape index (κ3) is 3.27. The second kappa shape index (κ2) is 6.25. The maximum atomic E-state index is 9.82. The molecule has 1 N–H and O–H groups in total. The molecule has 0 bridgehead atoms. The maximum Gasteiger partial charge on any atom is 0.125 e. The third-order valence-corrected chi connectivity index (χ3v) is 4.12. The molecule has 1 aliphatic rings. The lowest BCUT2D eigenvalue weighted by Crippen LogP contribution is -2.28. The molecule has 0 saturated carbocycles. The van der Waals surface area contributed by atoms with Crippen molar-refractivity contribution in [2.75, 3.05) is 25.9 Å². The second-order valence-corrected chi connectivity index (χ2v) is 5.69. The molecule has 1 aromatic rings. The van der Waals surface area contributed by atoms with Gasteiger partial charge in [0.2, 0.25) is 0 Å². The molecule has 2 rings (SSSR count). The van der Waals surface area contributed by atoms with Gasteiger partial charge < -0.3 is 10.0 Å². The summed E-state index contributed by atoms with van der Waals surface area (Å²) in [6.45, 7) is 4.30. The van der Waals surface area contributed by atoms with Crippen molar-refractivity contribution in [2.24, 2.45) is 4.99 Å². The predicted octanol–water partition coefficient (Wildman–Crippen LogP) is 2.60. The summed E-state index contributed by atoms with van der Waals surface area (Å²) < 4.78 is 0. The summed E-state index contributed by atoms with van der Waals surface area (Å²) in [5.41, 5.74) is 0.864. The minimum atomic E-state index is 0.325. The Morgan fingerprint density at radius 3 is 2.94 bits per heavy atom. The molecule has 1 aromatic carbocycles. The summed E-state index contributed by atoms with van der Waals surface area (Å²) in [5.74, 6) is 1.34. The molecule has 0 aromatic heterocycles. The maximum absolute atomic E-state index is 9.82. The predicted molar refractivity (Wildman–Crippen MR) is 78.7 cm³/mol. The number of para-hydroxylation sites is 1. The minimum absolute atomic E-state index is 0.325. The van der Waals surface area contributed by atoms with Crippen LogP contribution >= 0.6 is 11.8 Å². The van der Waals surface area contributed by atoms with E-state index in [1.165, 1.54) is 6.42 Å². The van der Waals surface area contributed by atoms with Gasteiger partial charge in [-0.3, -0.25) is 4.99 Å². The summed E-state index contributed by atoms with van der Waals surface area (Å²) >= 11 is 1.74. The number of aliphatic imine (C=N–C) groups is 1. The molecule has 18 heavy (non-hydrogen) atoms. The zero-order valence-electron chi connectivity index (χ0n) is 11.0. The minimum Gasteiger partial charge on any atom is -0.507 e. The molecule has 1 aliphatic heterocycles. The number of aromatic hydroxyl groups is 1. The van der Waals surface area contributed by atoms with Crippen molar-refractivity contribution >= 4 is 16.8 Å². The van der Waals surface area contributed by atoms with E-state index in [-0.39, 0.29) is 0 Å². The van der Waals surface area contributed by atoms with Crippen molar-refractivity contribution in [2.45, 2.75) is 19.4 Å². The zero-order chi connectivity index (χ0) is 13.0. The Morgan fingerprint density at radius 1 is 1.44 bits per heavy atom. The number of likely N-dealkylation sites (N-methyl/N-ethyl adjacent to an activating group) is 1. The van der Waals surface area contributed by atoms with Crippen LogP contribution in [0, 0.1) is 0 Å². The number of hydrogen-bond acceptors (Lipinski definition) is 4. The van der Waals surface area contributed by atoms with Gasteiger partial charge in [0.25, 0.3) is 0 Å². The van der Waals surface area contributed by atoms with Crippen LogP contribution in [0.5, 0.6) is 5.75 Å². The molecule has 3 nitrogen and oxygen atoms in total. The van der Waals surface area contributed by atoms with Crippen LogP contribution in [-0.4, -0.2) is 47.0 Å². The van der Waals surface area contributed by atoms with E-state index in [2.05, 4.69) is 18.9 Å². The van der Waals surface area contributed by atoms with Crippen molar-refractivity contribution in [3.8, 4) is 5.75 Å². The van der Waals surface area contributed by atoms with Gasteiger partial charge >= 0.3 is 0 Å². The lowest BCUT2D eigenvalue weighted by atomic mass is 10.2. The number of phenols is 1. The van der Waals surface area contributed by atoms with Gasteiger partial charge in [-0.05, 0) is 32.1 Å². The Kier molecular flexibility index (Phi) is 4.66. The Balaban J connectivity index is 2.02. The molecule has 0 saturated heterocycles. The monoisotopic (exact) mass is 264 g/mol. The fraction of sp³-hybridized carbons (Fsp3) is 0.500. The molecule has 0 radical (unpaired) electrons. The number of benzene rings is 1. The van der Waals surface area contributed by atoms with Gasteiger partial charge in [-0.1, -0.05) is 19.1 Å². The van der Waals surface area contributed by atoms with Crippen LogP contribution in [0.3, 0.4) is 0 Å². The Bertz CT molecular complexity index is 434. The first kappa shape index (κ1) is 13.4. The Morgan fingerprint density at radius 2 is 2.22 bits per heavy atom. The number of rotatable bonds is 5. The fourth-order valence-corrected chi connectivity index (χ4v) is 3.23. The molecule has 0 unspecified atom stereocenters. The molecule has 0 amide bonds. The summed E-state index contributed by atoms with van der Waals surface area (Å²) in [7, 11) is 2.14. The molecule has 1 atom stereocenters. The third-order valence-electron chi connectivity index (χ3n) is 2.97. The fourth-order valence-electron chi connectivity index (χ4n) is 2.14. The molecule has 98 valence electrons. The SMILES string of the molecule is CCCN(C)C[C@H]1CSC(c2ccccc2O)=N1. The largest absolute Gasteiger partial charge is 0.507 e. The second-order valence-electron chi connectivity index (χ2n) is 4.68. The van der Waals surface area contributed by atoms with Crippen LogP contribution in [0.2, 0.25) is 0 Å². The topological polar surface area (TPSA) is 35.8 Å². The van der Waals surface area contributed by atoms with Gasteiger partial charge in [0.05, 0.1) is 6.04 Å². The average Bonchev–Trinajstić information content (AvgIpc) is 2.78. The molecule has 0 aliphatic carbocycles. The number of phenolic OH excluding ortho intramolecular Hbond substituents is 1. The van der Waals surface area contributed by atoms with E-state index in [1.807, 2.05) is 18.2 Å². The van der Waals surface area contributed by atoms with Crippen LogP contribution in [-0.2, 0) is 0 Å². The van der Waals surface area contributed by atoms with Gasteiger partial charge in [-0.15, -0.1) is 11.8 Å². The van der Waals surface area contributed by atoms with Crippen molar-refractivity contribution in [3.05, 3.63) is 29.8 Å². The number of hydrogen-bond donors (Lipinski definition) is 1. The first-order valence-corrected chi connectivity index (χ1v) is 7.36. The highest BCUT2D eigenvalue weighted by atomic mass is 32.2. The normalized spacial score (nSPS) is 19.3. The number of thioether (sulfide) groups is 1. The highest BCUT2D eigenvalue weighted by molar-refractivity contribution is 8.14. The Labute approximate surface area is 113 Å². The van der Waals surface area contributed by atoms with Crippen molar-refractivity contribution < 1.29 is 5.11 Å². The quantitative estimate of drug-likeness (QED) is 0.888. The number of nitrogens with zero attached hydrogens (tertiary/aromatic N) is 2. The highest BCUT2D eigenvalue weighted by Gasteiger charge is 2.21. The average molecular weight is 264 g/mol. The van der Waals surface area contributed by atoms with Crippen molar-refractivity contribution in [1.29, 1.82) is 0 Å². The van der Waals surface area contributed by atoms with E-state index in [9.17, 15) is 5.11 Å². The van der Waals surface area contributed by atoms with Crippen LogP contribution in [0.15, 0.2) is 29.3 Å². The summed E-state index contributed by atoms with van der Waals surface area (Å²) in [6.07, 6.45) is 1.17. The molecule has 0 fully saturated rings. The van der Waals surface area contributed by atoms with E-state index in [4.69, 9.17) is 4.99 Å².